The number of fused-ring (bicyclic) bond motifs is 1. The van der Waals surface area contributed by atoms with Gasteiger partial charge in [-0.15, -0.1) is 0 Å². The normalized spacial score (nSPS) is 10.8. The Labute approximate surface area is 142 Å². The Morgan fingerprint density at radius 3 is 2.28 bits per heavy atom. The highest BCUT2D eigenvalue weighted by molar-refractivity contribution is 5.86. The predicted octanol–water partition coefficient (Wildman–Crippen LogP) is 2.98. The zero-order chi connectivity index (χ0) is 18.1. The van der Waals surface area contributed by atoms with Gasteiger partial charge >= 0.3 is 0 Å². The summed E-state index contributed by atoms with van der Waals surface area (Å²) in [7, 11) is 1.42. The lowest BCUT2D eigenvalue weighted by Gasteiger charge is -2.11. The Bertz CT molecular complexity index is 981. The second kappa shape index (κ2) is 6.27. The van der Waals surface area contributed by atoms with E-state index in [1.54, 1.807) is 6.92 Å². The van der Waals surface area contributed by atoms with Gasteiger partial charge in [-0.3, -0.25) is 4.79 Å². The van der Waals surface area contributed by atoms with Crippen molar-refractivity contribution in [1.82, 2.24) is 0 Å². The van der Waals surface area contributed by atoms with Crippen LogP contribution in [-0.4, -0.2) is 29.0 Å². The van der Waals surface area contributed by atoms with Gasteiger partial charge in [-0.05, 0) is 19.1 Å². The fraction of sp³-hybridized carbons (Fsp3) is 0.167. The molecule has 2 aromatic carbocycles. The lowest BCUT2D eigenvalue weighted by atomic mass is 10.1. The van der Waals surface area contributed by atoms with E-state index in [0.717, 1.165) is 0 Å². The number of hydrogen-bond donors (Lipinski definition) is 3. The van der Waals surface area contributed by atoms with Crippen LogP contribution in [0.1, 0.15) is 6.92 Å². The standard InChI is InChI=1S/C18H16O7/c1-3-24-18-13(21)4-9(5-14(18)22)15-8-12(20)17-11(19)6-10(23-2)7-16(17)25-15/h4-8,19,21-22H,3H2,1-2H3. The minimum Gasteiger partial charge on any atom is -0.507 e. The molecule has 0 aliphatic carbocycles. The maximum atomic E-state index is 12.3. The summed E-state index contributed by atoms with van der Waals surface area (Å²) in [6.07, 6.45) is 0. The smallest absolute Gasteiger partial charge is 0.203 e. The maximum Gasteiger partial charge on any atom is 0.203 e. The fourth-order valence-electron chi connectivity index (χ4n) is 2.54. The van der Waals surface area contributed by atoms with Crippen LogP contribution in [0.25, 0.3) is 22.3 Å². The van der Waals surface area contributed by atoms with Crippen molar-refractivity contribution in [2.45, 2.75) is 6.92 Å². The van der Waals surface area contributed by atoms with Gasteiger partial charge < -0.3 is 29.2 Å². The van der Waals surface area contributed by atoms with Gasteiger partial charge in [-0.25, -0.2) is 0 Å². The van der Waals surface area contributed by atoms with Gasteiger partial charge in [0, 0.05) is 23.8 Å². The first-order valence-corrected chi connectivity index (χ1v) is 7.48. The van der Waals surface area contributed by atoms with E-state index in [-0.39, 0.29) is 51.9 Å². The van der Waals surface area contributed by atoms with Crippen molar-refractivity contribution in [1.29, 1.82) is 0 Å². The number of hydrogen-bond acceptors (Lipinski definition) is 7. The summed E-state index contributed by atoms with van der Waals surface area (Å²) in [5, 5.41) is 30.0. The number of ether oxygens (including phenoxy) is 2. The molecule has 0 atom stereocenters. The summed E-state index contributed by atoms with van der Waals surface area (Å²) in [4.78, 5) is 12.3. The maximum absolute atomic E-state index is 12.3. The quantitative estimate of drug-likeness (QED) is 0.667. The third kappa shape index (κ3) is 2.91. The van der Waals surface area contributed by atoms with Crippen LogP contribution in [0, 0.1) is 0 Å². The van der Waals surface area contributed by atoms with E-state index < -0.39 is 5.43 Å². The highest BCUT2D eigenvalue weighted by atomic mass is 16.5. The van der Waals surface area contributed by atoms with Crippen molar-refractivity contribution in [3.8, 4) is 40.1 Å². The summed E-state index contributed by atoms with van der Waals surface area (Å²) in [6.45, 7) is 1.99. The number of aromatic hydroxyl groups is 3. The second-order valence-corrected chi connectivity index (χ2v) is 5.27. The van der Waals surface area contributed by atoms with Crippen LogP contribution in [0.5, 0.6) is 28.7 Å². The largest absolute Gasteiger partial charge is 0.507 e. The monoisotopic (exact) mass is 344 g/mol. The van der Waals surface area contributed by atoms with E-state index >= 15 is 0 Å². The number of phenols is 3. The first kappa shape index (κ1) is 16.5. The first-order valence-electron chi connectivity index (χ1n) is 7.48. The van der Waals surface area contributed by atoms with E-state index in [4.69, 9.17) is 13.9 Å². The van der Waals surface area contributed by atoms with Crippen LogP contribution in [0.3, 0.4) is 0 Å². The van der Waals surface area contributed by atoms with Gasteiger partial charge in [-0.2, -0.15) is 0 Å². The molecule has 0 saturated heterocycles. The Balaban J connectivity index is 2.21. The number of benzene rings is 2. The lowest BCUT2D eigenvalue weighted by Crippen LogP contribution is -2.01. The van der Waals surface area contributed by atoms with Gasteiger partial charge in [0.1, 0.15) is 28.2 Å². The predicted molar refractivity (Wildman–Crippen MR) is 90.6 cm³/mol. The molecular weight excluding hydrogens is 328 g/mol. The first-order chi connectivity index (χ1) is 11.9. The molecule has 130 valence electrons. The van der Waals surface area contributed by atoms with Crippen LogP contribution in [0.2, 0.25) is 0 Å². The van der Waals surface area contributed by atoms with Crippen LogP contribution in [-0.2, 0) is 0 Å². The zero-order valence-corrected chi connectivity index (χ0v) is 13.6. The van der Waals surface area contributed by atoms with Gasteiger partial charge in [0.15, 0.2) is 16.9 Å². The van der Waals surface area contributed by atoms with E-state index in [1.807, 2.05) is 0 Å². The molecule has 0 amide bonds. The summed E-state index contributed by atoms with van der Waals surface area (Å²) in [5.74, 6) is -0.441. The van der Waals surface area contributed by atoms with Gasteiger partial charge in [0.25, 0.3) is 0 Å². The Morgan fingerprint density at radius 2 is 1.68 bits per heavy atom. The molecule has 3 N–H and O–H groups in total. The molecule has 0 radical (unpaired) electrons. The van der Waals surface area contributed by atoms with E-state index in [0.29, 0.717) is 5.75 Å². The molecule has 3 aromatic rings. The molecule has 0 aliphatic heterocycles. The summed E-state index contributed by atoms with van der Waals surface area (Å²) in [5.41, 5.74) is -0.0729. The van der Waals surface area contributed by atoms with E-state index in [2.05, 4.69) is 0 Å². The third-order valence-electron chi connectivity index (χ3n) is 3.64. The average molecular weight is 344 g/mol. The van der Waals surface area contributed by atoms with Crippen molar-refractivity contribution in [2.75, 3.05) is 13.7 Å². The summed E-state index contributed by atoms with van der Waals surface area (Å²) >= 11 is 0. The van der Waals surface area contributed by atoms with E-state index in [9.17, 15) is 20.1 Å². The van der Waals surface area contributed by atoms with Crippen molar-refractivity contribution >= 4 is 11.0 Å². The van der Waals surface area contributed by atoms with Crippen LogP contribution in [0.15, 0.2) is 39.5 Å². The molecule has 3 rings (SSSR count). The van der Waals surface area contributed by atoms with Crippen molar-refractivity contribution in [2.24, 2.45) is 0 Å². The number of methoxy groups -OCH3 is 1. The molecule has 1 heterocycles. The molecule has 0 unspecified atom stereocenters. The topological polar surface area (TPSA) is 109 Å². The minimum atomic E-state index is -0.468. The zero-order valence-electron chi connectivity index (χ0n) is 13.6. The summed E-state index contributed by atoms with van der Waals surface area (Å²) in [6, 6.07) is 6.58. The van der Waals surface area contributed by atoms with Gasteiger partial charge in [0.05, 0.1) is 13.7 Å². The van der Waals surface area contributed by atoms with Crippen molar-refractivity contribution < 1.29 is 29.2 Å². The van der Waals surface area contributed by atoms with Gasteiger partial charge in [-0.1, -0.05) is 0 Å². The van der Waals surface area contributed by atoms with Crippen molar-refractivity contribution in [3.05, 3.63) is 40.6 Å². The van der Waals surface area contributed by atoms with Crippen LogP contribution < -0.4 is 14.9 Å². The SMILES string of the molecule is CCOc1c(O)cc(-c2cc(=O)c3c(O)cc(OC)cc3o2)cc1O. The lowest BCUT2D eigenvalue weighted by molar-refractivity contribution is 0.299. The molecule has 7 heteroatoms. The minimum absolute atomic E-state index is 0.0175. The Hall–Kier alpha value is -3.35. The molecule has 1 aromatic heterocycles. The molecule has 0 saturated carbocycles. The second-order valence-electron chi connectivity index (χ2n) is 5.27. The van der Waals surface area contributed by atoms with Crippen LogP contribution >= 0.6 is 0 Å². The average Bonchev–Trinajstić information content (AvgIpc) is 2.57. The molecule has 0 fully saturated rings. The highest BCUT2D eigenvalue weighted by Crippen LogP contribution is 2.40. The molecule has 7 nitrogen and oxygen atoms in total. The fourth-order valence-corrected chi connectivity index (χ4v) is 2.54. The molecule has 25 heavy (non-hydrogen) atoms. The Morgan fingerprint density at radius 1 is 1.00 bits per heavy atom. The molecule has 0 bridgehead atoms. The third-order valence-corrected chi connectivity index (χ3v) is 3.64. The molecule has 0 aliphatic rings. The summed E-state index contributed by atoms with van der Waals surface area (Å²) < 4.78 is 15.9. The van der Waals surface area contributed by atoms with E-state index in [1.165, 1.54) is 37.4 Å². The molecular formula is C18H16O7. The van der Waals surface area contributed by atoms with Crippen LogP contribution in [0.4, 0.5) is 0 Å². The highest BCUT2D eigenvalue weighted by Gasteiger charge is 2.16. The number of phenolic OH excluding ortho intramolecular Hbond substituents is 3. The molecule has 0 spiro atoms. The Kier molecular flexibility index (Phi) is 4.14. The number of rotatable bonds is 4. The van der Waals surface area contributed by atoms with Crippen molar-refractivity contribution in [3.63, 3.8) is 0 Å². The van der Waals surface area contributed by atoms with Gasteiger partial charge in [0.2, 0.25) is 5.75 Å².